The van der Waals surface area contributed by atoms with E-state index < -0.39 is 0 Å². The zero-order valence-corrected chi connectivity index (χ0v) is 8.49. The highest BCUT2D eigenvalue weighted by Crippen LogP contribution is 2.11. The maximum atomic E-state index is 8.52. The molecule has 0 fully saturated rings. The van der Waals surface area contributed by atoms with Crippen LogP contribution in [0.15, 0.2) is 24.3 Å². The lowest BCUT2D eigenvalue weighted by atomic mass is 10.2. The first kappa shape index (κ1) is 11.0. The Morgan fingerprint density at radius 3 is 2.93 bits per heavy atom. The Morgan fingerprint density at radius 1 is 1.36 bits per heavy atom. The Balaban J connectivity index is 2.18. The van der Waals surface area contributed by atoms with Crippen molar-refractivity contribution in [3.63, 3.8) is 0 Å². The molecule has 0 bridgehead atoms. The van der Waals surface area contributed by atoms with Crippen LogP contribution in [0, 0.1) is 6.92 Å². The fourth-order valence-electron chi connectivity index (χ4n) is 1.15. The number of rotatable bonds is 6. The summed E-state index contributed by atoms with van der Waals surface area (Å²) in [5.74, 6) is 0.899. The molecule has 14 heavy (non-hydrogen) atoms. The van der Waals surface area contributed by atoms with Crippen LogP contribution >= 0.6 is 0 Å². The highest BCUT2D eigenvalue weighted by Gasteiger charge is 1.92. The molecule has 0 aliphatic heterocycles. The van der Waals surface area contributed by atoms with E-state index in [2.05, 4.69) is 5.32 Å². The molecule has 0 radical (unpaired) electrons. The Morgan fingerprint density at radius 2 is 2.21 bits per heavy atom. The van der Waals surface area contributed by atoms with Crippen molar-refractivity contribution in [3.05, 3.63) is 29.8 Å². The van der Waals surface area contributed by atoms with Gasteiger partial charge in [-0.05, 0) is 24.6 Å². The van der Waals surface area contributed by atoms with E-state index >= 15 is 0 Å². The minimum absolute atomic E-state index is 0.171. The summed E-state index contributed by atoms with van der Waals surface area (Å²) in [5.41, 5.74) is 1.20. The van der Waals surface area contributed by atoms with Crippen molar-refractivity contribution < 1.29 is 9.84 Å². The molecule has 3 heteroatoms. The Bertz CT molecular complexity index is 263. The zero-order valence-electron chi connectivity index (χ0n) is 8.49. The molecule has 1 rings (SSSR count). The highest BCUT2D eigenvalue weighted by molar-refractivity contribution is 5.27. The minimum atomic E-state index is 0.171. The summed E-state index contributed by atoms with van der Waals surface area (Å²) >= 11 is 0. The largest absolute Gasteiger partial charge is 0.492 e. The van der Waals surface area contributed by atoms with Gasteiger partial charge in [-0.2, -0.15) is 0 Å². The van der Waals surface area contributed by atoms with E-state index in [-0.39, 0.29) is 6.61 Å². The van der Waals surface area contributed by atoms with Crippen LogP contribution < -0.4 is 10.1 Å². The number of aliphatic hydroxyl groups excluding tert-OH is 1. The van der Waals surface area contributed by atoms with Gasteiger partial charge in [0.15, 0.2) is 0 Å². The molecule has 0 aromatic heterocycles. The van der Waals surface area contributed by atoms with Crippen molar-refractivity contribution in [3.8, 4) is 5.75 Å². The first-order valence-electron chi connectivity index (χ1n) is 4.84. The van der Waals surface area contributed by atoms with Gasteiger partial charge in [0, 0.05) is 13.1 Å². The summed E-state index contributed by atoms with van der Waals surface area (Å²) in [7, 11) is 0. The molecule has 1 aromatic carbocycles. The predicted octanol–water partition coefficient (Wildman–Crippen LogP) is 0.956. The van der Waals surface area contributed by atoms with Gasteiger partial charge in [0.2, 0.25) is 0 Å². The summed E-state index contributed by atoms with van der Waals surface area (Å²) in [4.78, 5) is 0. The Labute approximate surface area is 84.7 Å². The number of ether oxygens (including phenoxy) is 1. The summed E-state index contributed by atoms with van der Waals surface area (Å²) in [6, 6.07) is 7.97. The van der Waals surface area contributed by atoms with E-state index in [9.17, 15) is 0 Å². The third-order valence-electron chi connectivity index (χ3n) is 1.83. The lowest BCUT2D eigenvalue weighted by Crippen LogP contribution is -2.23. The number of hydrogen-bond donors (Lipinski definition) is 2. The van der Waals surface area contributed by atoms with Gasteiger partial charge in [0.25, 0.3) is 0 Å². The number of benzene rings is 1. The van der Waals surface area contributed by atoms with Gasteiger partial charge in [0.05, 0.1) is 6.61 Å². The van der Waals surface area contributed by atoms with Crippen LogP contribution in [0.1, 0.15) is 5.56 Å². The van der Waals surface area contributed by atoms with Crippen LogP contribution in [0.2, 0.25) is 0 Å². The normalized spacial score (nSPS) is 10.1. The van der Waals surface area contributed by atoms with Gasteiger partial charge in [-0.3, -0.25) is 0 Å². The monoisotopic (exact) mass is 195 g/mol. The molecule has 0 saturated heterocycles. The van der Waals surface area contributed by atoms with Gasteiger partial charge in [-0.1, -0.05) is 12.1 Å². The maximum Gasteiger partial charge on any atom is 0.119 e. The number of aryl methyl sites for hydroxylation is 1. The van der Waals surface area contributed by atoms with E-state index in [1.165, 1.54) is 5.56 Å². The highest BCUT2D eigenvalue weighted by atomic mass is 16.5. The standard InChI is InChI=1S/C11H17NO2/c1-10-3-2-4-11(9-10)14-8-6-12-5-7-13/h2-4,9,12-13H,5-8H2,1H3. The third kappa shape index (κ3) is 4.25. The summed E-state index contributed by atoms with van der Waals surface area (Å²) in [6.45, 7) is 4.22. The Hall–Kier alpha value is -1.06. The van der Waals surface area contributed by atoms with Gasteiger partial charge < -0.3 is 15.2 Å². The topological polar surface area (TPSA) is 41.5 Å². The fourth-order valence-corrected chi connectivity index (χ4v) is 1.15. The minimum Gasteiger partial charge on any atom is -0.492 e. The van der Waals surface area contributed by atoms with E-state index in [0.717, 1.165) is 12.3 Å². The molecule has 3 nitrogen and oxygen atoms in total. The van der Waals surface area contributed by atoms with Crippen molar-refractivity contribution >= 4 is 0 Å². The molecular weight excluding hydrogens is 178 g/mol. The van der Waals surface area contributed by atoms with Crippen molar-refractivity contribution in [1.82, 2.24) is 5.32 Å². The summed E-state index contributed by atoms with van der Waals surface area (Å²) in [6.07, 6.45) is 0. The molecule has 0 heterocycles. The molecule has 1 aromatic rings. The summed E-state index contributed by atoms with van der Waals surface area (Å²) in [5, 5.41) is 11.6. The second kappa shape index (κ2) is 6.40. The fraction of sp³-hybridized carbons (Fsp3) is 0.455. The van der Waals surface area contributed by atoms with Gasteiger partial charge in [-0.25, -0.2) is 0 Å². The second-order valence-electron chi connectivity index (χ2n) is 3.14. The SMILES string of the molecule is Cc1cccc(OCCNCCO)c1. The number of hydrogen-bond acceptors (Lipinski definition) is 3. The number of nitrogens with one attached hydrogen (secondary N) is 1. The molecule has 0 saturated carbocycles. The van der Waals surface area contributed by atoms with E-state index in [1.54, 1.807) is 0 Å². The second-order valence-corrected chi connectivity index (χ2v) is 3.14. The van der Waals surface area contributed by atoms with E-state index in [4.69, 9.17) is 9.84 Å². The zero-order chi connectivity index (χ0) is 10.2. The average Bonchev–Trinajstić information content (AvgIpc) is 2.18. The first-order chi connectivity index (χ1) is 6.83. The molecule has 0 amide bonds. The van der Waals surface area contributed by atoms with E-state index in [1.807, 2.05) is 31.2 Å². The van der Waals surface area contributed by atoms with Crippen LogP contribution in [-0.4, -0.2) is 31.4 Å². The molecule has 0 atom stereocenters. The van der Waals surface area contributed by atoms with E-state index in [0.29, 0.717) is 13.2 Å². The van der Waals surface area contributed by atoms with Crippen molar-refractivity contribution in [2.75, 3.05) is 26.3 Å². The van der Waals surface area contributed by atoms with Crippen LogP contribution in [-0.2, 0) is 0 Å². The van der Waals surface area contributed by atoms with Crippen LogP contribution in [0.25, 0.3) is 0 Å². The van der Waals surface area contributed by atoms with Crippen molar-refractivity contribution in [2.45, 2.75) is 6.92 Å². The van der Waals surface area contributed by atoms with Gasteiger partial charge in [0.1, 0.15) is 12.4 Å². The molecule has 0 unspecified atom stereocenters. The van der Waals surface area contributed by atoms with Gasteiger partial charge >= 0.3 is 0 Å². The predicted molar refractivity (Wildman–Crippen MR) is 56.6 cm³/mol. The first-order valence-corrected chi connectivity index (χ1v) is 4.84. The van der Waals surface area contributed by atoms with Crippen LogP contribution in [0.4, 0.5) is 0 Å². The Kier molecular flexibility index (Phi) is 5.04. The van der Waals surface area contributed by atoms with Gasteiger partial charge in [-0.15, -0.1) is 0 Å². The smallest absolute Gasteiger partial charge is 0.119 e. The molecular formula is C11H17NO2. The summed E-state index contributed by atoms with van der Waals surface area (Å²) < 4.78 is 5.49. The molecule has 2 N–H and O–H groups in total. The molecule has 0 spiro atoms. The molecule has 0 aliphatic rings. The molecule has 0 aliphatic carbocycles. The van der Waals surface area contributed by atoms with Crippen molar-refractivity contribution in [1.29, 1.82) is 0 Å². The lowest BCUT2D eigenvalue weighted by Gasteiger charge is -2.07. The van der Waals surface area contributed by atoms with Crippen LogP contribution in [0.5, 0.6) is 5.75 Å². The van der Waals surface area contributed by atoms with Crippen LogP contribution in [0.3, 0.4) is 0 Å². The number of aliphatic hydroxyl groups is 1. The quantitative estimate of drug-likeness (QED) is 0.664. The maximum absolute atomic E-state index is 8.52. The third-order valence-corrected chi connectivity index (χ3v) is 1.83. The lowest BCUT2D eigenvalue weighted by molar-refractivity contribution is 0.276. The molecule has 78 valence electrons. The van der Waals surface area contributed by atoms with Crippen molar-refractivity contribution in [2.24, 2.45) is 0 Å². The average molecular weight is 195 g/mol.